The second-order valence-corrected chi connectivity index (χ2v) is 5.14. The first kappa shape index (κ1) is 19.6. The maximum atomic E-state index is 12.0. The van der Waals surface area contributed by atoms with Gasteiger partial charge in [-0.15, -0.1) is 12.4 Å². The Labute approximate surface area is 128 Å². The zero-order chi connectivity index (χ0) is 14.1. The summed E-state index contributed by atoms with van der Waals surface area (Å²) in [6.07, 6.45) is 4.76. The summed E-state index contributed by atoms with van der Waals surface area (Å²) in [5.41, 5.74) is 5.87. The number of carbonyl (C=O) groups is 1. The average molecular weight is 309 g/mol. The Kier molecular flexibility index (Phi) is 11.1. The predicted octanol–water partition coefficient (Wildman–Crippen LogP) is 1.58. The number of hydrogen-bond donors (Lipinski definition) is 1. The lowest BCUT2D eigenvalue weighted by atomic mass is 10.1. The number of nitrogens with two attached hydrogens (primary N) is 1. The number of rotatable bonds is 8. The predicted molar refractivity (Wildman–Crippen MR) is 82.2 cm³/mol. The number of hydrogen-bond acceptors (Lipinski definition) is 4. The molecule has 1 atom stereocenters. The van der Waals surface area contributed by atoms with E-state index in [1.165, 1.54) is 0 Å². The minimum Gasteiger partial charge on any atom is -0.385 e. The van der Waals surface area contributed by atoms with Crippen LogP contribution in [-0.2, 0) is 14.3 Å². The third-order valence-electron chi connectivity index (χ3n) is 3.52. The Morgan fingerprint density at radius 2 is 2.00 bits per heavy atom. The molecule has 0 radical (unpaired) electrons. The highest BCUT2D eigenvalue weighted by molar-refractivity contribution is 5.85. The van der Waals surface area contributed by atoms with Crippen LogP contribution >= 0.6 is 12.4 Å². The molecule has 20 heavy (non-hydrogen) atoms. The smallest absolute Gasteiger partial charge is 0.239 e. The van der Waals surface area contributed by atoms with E-state index in [0.717, 1.165) is 58.4 Å². The van der Waals surface area contributed by atoms with Crippen LogP contribution in [0.25, 0.3) is 0 Å². The van der Waals surface area contributed by atoms with E-state index in [-0.39, 0.29) is 30.5 Å². The monoisotopic (exact) mass is 308 g/mol. The van der Waals surface area contributed by atoms with Crippen LogP contribution in [0, 0.1) is 0 Å². The van der Waals surface area contributed by atoms with Gasteiger partial charge in [0.2, 0.25) is 5.91 Å². The fraction of sp³-hybridized carbons (Fsp3) is 0.929. The van der Waals surface area contributed by atoms with E-state index >= 15 is 0 Å². The van der Waals surface area contributed by atoms with Crippen LogP contribution in [0.2, 0.25) is 0 Å². The van der Waals surface area contributed by atoms with E-state index in [9.17, 15) is 4.79 Å². The first-order valence-electron chi connectivity index (χ1n) is 7.34. The van der Waals surface area contributed by atoms with Crippen molar-refractivity contribution in [1.29, 1.82) is 0 Å². The molecule has 1 aliphatic heterocycles. The minimum atomic E-state index is -0.329. The van der Waals surface area contributed by atoms with Gasteiger partial charge in [0.1, 0.15) is 0 Å². The van der Waals surface area contributed by atoms with Crippen molar-refractivity contribution >= 4 is 18.3 Å². The molecule has 0 spiro atoms. The molecular formula is C14H29ClN2O3. The molecule has 2 N–H and O–H groups in total. The van der Waals surface area contributed by atoms with Crippen LogP contribution in [0.3, 0.4) is 0 Å². The highest BCUT2D eigenvalue weighted by Crippen LogP contribution is 2.15. The largest absolute Gasteiger partial charge is 0.385 e. The fourth-order valence-electron chi connectivity index (χ4n) is 2.37. The lowest BCUT2D eigenvalue weighted by molar-refractivity contribution is -0.135. The molecule has 1 unspecified atom stereocenters. The van der Waals surface area contributed by atoms with Gasteiger partial charge in [-0.25, -0.2) is 0 Å². The molecule has 0 saturated carbocycles. The molecular weight excluding hydrogens is 280 g/mol. The van der Waals surface area contributed by atoms with Crippen LogP contribution in [0.5, 0.6) is 0 Å². The molecule has 1 aliphatic rings. The molecule has 1 heterocycles. The lowest BCUT2D eigenvalue weighted by Crippen LogP contribution is -2.48. The van der Waals surface area contributed by atoms with Crippen LogP contribution in [0.15, 0.2) is 0 Å². The average Bonchev–Trinajstić information content (AvgIpc) is 2.44. The number of likely N-dealkylation sites (tertiary alicyclic amines) is 1. The second kappa shape index (κ2) is 11.3. The molecule has 0 bridgehead atoms. The molecule has 6 heteroatoms. The number of halogens is 1. The summed E-state index contributed by atoms with van der Waals surface area (Å²) in [6.45, 7) is 5.06. The van der Waals surface area contributed by atoms with Gasteiger partial charge in [0.05, 0.1) is 12.1 Å². The number of ether oxygens (including phenoxy) is 2. The first-order valence-corrected chi connectivity index (χ1v) is 7.34. The zero-order valence-corrected chi connectivity index (χ0v) is 13.5. The van der Waals surface area contributed by atoms with Crippen molar-refractivity contribution in [3.8, 4) is 0 Å². The summed E-state index contributed by atoms with van der Waals surface area (Å²) in [5, 5.41) is 0. The highest BCUT2D eigenvalue weighted by atomic mass is 35.5. The van der Waals surface area contributed by atoms with Gasteiger partial charge in [-0.3, -0.25) is 4.79 Å². The lowest BCUT2D eigenvalue weighted by Gasteiger charge is -2.33. The van der Waals surface area contributed by atoms with E-state index in [1.54, 1.807) is 7.11 Å². The summed E-state index contributed by atoms with van der Waals surface area (Å²) in [7, 11) is 1.70. The van der Waals surface area contributed by atoms with E-state index in [0.29, 0.717) is 0 Å². The van der Waals surface area contributed by atoms with Gasteiger partial charge >= 0.3 is 0 Å². The van der Waals surface area contributed by atoms with Gasteiger partial charge in [0.15, 0.2) is 0 Å². The van der Waals surface area contributed by atoms with Crippen molar-refractivity contribution in [3.63, 3.8) is 0 Å². The SMILES string of the molecule is CCCC(N)C(=O)N1CCC(OCCCOC)CC1.Cl. The molecule has 1 saturated heterocycles. The number of nitrogens with zero attached hydrogens (tertiary/aromatic N) is 1. The quantitative estimate of drug-likeness (QED) is 0.691. The molecule has 120 valence electrons. The molecule has 0 aromatic rings. The summed E-state index contributed by atoms with van der Waals surface area (Å²) >= 11 is 0. The Hall–Kier alpha value is -0.360. The molecule has 1 amide bonds. The number of amides is 1. The van der Waals surface area contributed by atoms with Crippen LogP contribution in [0.4, 0.5) is 0 Å². The van der Waals surface area contributed by atoms with Gasteiger partial charge in [-0.05, 0) is 25.7 Å². The summed E-state index contributed by atoms with van der Waals surface area (Å²) in [4.78, 5) is 13.9. The van der Waals surface area contributed by atoms with E-state index in [1.807, 2.05) is 11.8 Å². The van der Waals surface area contributed by atoms with Crippen LogP contribution < -0.4 is 5.73 Å². The molecule has 0 aromatic carbocycles. The molecule has 5 nitrogen and oxygen atoms in total. The molecule has 0 aliphatic carbocycles. The number of carbonyl (C=O) groups excluding carboxylic acids is 1. The first-order chi connectivity index (χ1) is 9.19. The van der Waals surface area contributed by atoms with Gasteiger partial charge in [-0.1, -0.05) is 13.3 Å². The van der Waals surface area contributed by atoms with Crippen molar-refractivity contribution in [2.45, 2.75) is 51.2 Å². The van der Waals surface area contributed by atoms with Crippen molar-refractivity contribution in [2.24, 2.45) is 5.73 Å². The topological polar surface area (TPSA) is 64.8 Å². The normalized spacial score (nSPS) is 17.6. The second-order valence-electron chi connectivity index (χ2n) is 5.14. The summed E-state index contributed by atoms with van der Waals surface area (Å²) in [6, 6.07) is -0.329. The third kappa shape index (κ3) is 6.88. The van der Waals surface area contributed by atoms with Crippen LogP contribution in [-0.4, -0.2) is 56.4 Å². The summed E-state index contributed by atoms with van der Waals surface area (Å²) in [5.74, 6) is 0.0969. The van der Waals surface area contributed by atoms with Crippen molar-refractivity contribution in [2.75, 3.05) is 33.4 Å². The maximum absolute atomic E-state index is 12.0. The third-order valence-corrected chi connectivity index (χ3v) is 3.52. The Bertz CT molecular complexity index is 259. The molecule has 1 fully saturated rings. The van der Waals surface area contributed by atoms with Crippen molar-refractivity contribution < 1.29 is 14.3 Å². The van der Waals surface area contributed by atoms with Crippen LogP contribution in [0.1, 0.15) is 39.0 Å². The van der Waals surface area contributed by atoms with E-state index in [4.69, 9.17) is 15.2 Å². The molecule has 0 aromatic heterocycles. The number of piperidine rings is 1. The maximum Gasteiger partial charge on any atom is 0.239 e. The van der Waals surface area contributed by atoms with Gasteiger partial charge in [0.25, 0.3) is 0 Å². The van der Waals surface area contributed by atoms with Crippen molar-refractivity contribution in [3.05, 3.63) is 0 Å². The van der Waals surface area contributed by atoms with Crippen molar-refractivity contribution in [1.82, 2.24) is 4.90 Å². The van der Waals surface area contributed by atoms with Gasteiger partial charge < -0.3 is 20.1 Å². The zero-order valence-electron chi connectivity index (χ0n) is 12.7. The highest BCUT2D eigenvalue weighted by Gasteiger charge is 2.26. The fourth-order valence-corrected chi connectivity index (χ4v) is 2.37. The van der Waals surface area contributed by atoms with Gasteiger partial charge in [0, 0.05) is 33.4 Å². The number of methoxy groups -OCH3 is 1. The van der Waals surface area contributed by atoms with Gasteiger partial charge in [-0.2, -0.15) is 0 Å². The van der Waals surface area contributed by atoms with E-state index < -0.39 is 0 Å². The Balaban J connectivity index is 0.00000361. The standard InChI is InChI=1S/C14H28N2O3.ClH/c1-3-5-13(15)14(17)16-8-6-12(7-9-16)19-11-4-10-18-2;/h12-13H,3-11,15H2,1-2H3;1H. The van der Waals surface area contributed by atoms with E-state index in [2.05, 4.69) is 0 Å². The Morgan fingerprint density at radius 3 is 2.55 bits per heavy atom. The summed E-state index contributed by atoms with van der Waals surface area (Å²) < 4.78 is 10.8. The Morgan fingerprint density at radius 1 is 1.35 bits per heavy atom. The molecule has 1 rings (SSSR count). The minimum absolute atomic E-state index is 0.